The molecule has 1 atom stereocenters. The van der Waals surface area contributed by atoms with E-state index in [4.69, 9.17) is 4.74 Å². The van der Waals surface area contributed by atoms with Crippen LogP contribution in [0.2, 0.25) is 0 Å². The number of ether oxygens (including phenoxy) is 1. The molecule has 1 aromatic rings. The lowest BCUT2D eigenvalue weighted by molar-refractivity contribution is -0.386. The summed E-state index contributed by atoms with van der Waals surface area (Å²) in [5.74, 6) is 0.0618. The Bertz CT molecular complexity index is 440. The Morgan fingerprint density at radius 2 is 2.44 bits per heavy atom. The number of carbonyl (C=O) groups excluding carboxylic acids is 1. The summed E-state index contributed by atoms with van der Waals surface area (Å²) in [6.45, 7) is 0.311. The largest absolute Gasteiger partial charge is 0.371 e. The molecule has 1 unspecified atom stereocenters. The van der Waals surface area contributed by atoms with Crippen LogP contribution in [0.4, 0.5) is 5.69 Å². The highest BCUT2D eigenvalue weighted by molar-refractivity contribution is 5.79. The van der Waals surface area contributed by atoms with Crippen molar-refractivity contribution in [2.75, 3.05) is 6.61 Å². The summed E-state index contributed by atoms with van der Waals surface area (Å²) in [6, 6.07) is 0. The average Bonchev–Trinajstić information content (AvgIpc) is 2.60. The van der Waals surface area contributed by atoms with E-state index in [1.165, 1.54) is 10.9 Å². The molecule has 16 heavy (non-hydrogen) atoms. The molecule has 2 rings (SSSR count). The second-order valence-corrected chi connectivity index (χ2v) is 3.65. The van der Waals surface area contributed by atoms with E-state index in [-0.39, 0.29) is 17.9 Å². The van der Waals surface area contributed by atoms with Crippen molar-refractivity contribution in [2.45, 2.75) is 18.9 Å². The van der Waals surface area contributed by atoms with Crippen molar-refractivity contribution in [1.82, 2.24) is 9.78 Å². The second-order valence-electron chi connectivity index (χ2n) is 3.65. The van der Waals surface area contributed by atoms with Crippen LogP contribution in [-0.4, -0.2) is 27.1 Å². The molecule has 1 aliphatic rings. The quantitative estimate of drug-likeness (QED) is 0.547. The zero-order valence-electron chi connectivity index (χ0n) is 8.75. The van der Waals surface area contributed by atoms with Crippen LogP contribution in [0.25, 0.3) is 0 Å². The zero-order valence-corrected chi connectivity index (χ0v) is 8.75. The van der Waals surface area contributed by atoms with Gasteiger partial charge in [-0.2, -0.15) is 5.10 Å². The number of ketones is 1. The van der Waals surface area contributed by atoms with E-state index >= 15 is 0 Å². The van der Waals surface area contributed by atoms with Gasteiger partial charge in [-0.05, 0) is 0 Å². The maximum absolute atomic E-state index is 11.3. The third-order valence-electron chi connectivity index (χ3n) is 2.58. The van der Waals surface area contributed by atoms with Crippen molar-refractivity contribution >= 4 is 11.5 Å². The predicted octanol–water partition coefficient (Wildman–Crippen LogP) is 0.749. The number of nitrogens with zero attached hydrogens (tertiary/aromatic N) is 3. The van der Waals surface area contributed by atoms with Gasteiger partial charge in [0, 0.05) is 19.9 Å². The third-order valence-corrected chi connectivity index (χ3v) is 2.58. The highest BCUT2D eigenvalue weighted by Crippen LogP contribution is 2.31. The summed E-state index contributed by atoms with van der Waals surface area (Å²) >= 11 is 0. The Labute approximate surface area is 91.2 Å². The molecule has 7 nitrogen and oxygen atoms in total. The summed E-state index contributed by atoms with van der Waals surface area (Å²) in [5, 5.41) is 14.6. The van der Waals surface area contributed by atoms with Gasteiger partial charge in [-0.25, -0.2) is 0 Å². The number of nitro groups is 1. The van der Waals surface area contributed by atoms with Gasteiger partial charge in [0.15, 0.2) is 0 Å². The monoisotopic (exact) mass is 225 g/mol. The van der Waals surface area contributed by atoms with Crippen LogP contribution in [0.3, 0.4) is 0 Å². The molecule has 0 saturated carbocycles. The highest BCUT2D eigenvalue weighted by atomic mass is 16.6. The number of Topliss-reactive ketones (excluding diaryl/α,β-unsaturated/α-hetero) is 1. The van der Waals surface area contributed by atoms with Gasteiger partial charge < -0.3 is 4.74 Å². The van der Waals surface area contributed by atoms with Gasteiger partial charge in [0.25, 0.3) is 0 Å². The molecule has 0 radical (unpaired) electrons. The summed E-state index contributed by atoms with van der Waals surface area (Å²) in [4.78, 5) is 21.5. The predicted molar refractivity (Wildman–Crippen MR) is 52.8 cm³/mol. The van der Waals surface area contributed by atoms with Crippen LogP contribution in [-0.2, 0) is 16.6 Å². The summed E-state index contributed by atoms with van der Waals surface area (Å²) in [6.07, 6.45) is 1.19. The van der Waals surface area contributed by atoms with Crippen LogP contribution < -0.4 is 0 Å². The SMILES string of the molecule is Cn1ncc([N+](=O)[O-])c1C1CC(=O)CCO1. The van der Waals surface area contributed by atoms with Gasteiger partial charge in [0.05, 0.1) is 11.5 Å². The summed E-state index contributed by atoms with van der Waals surface area (Å²) in [5.41, 5.74) is 0.264. The van der Waals surface area contributed by atoms with E-state index in [1.807, 2.05) is 0 Å². The first kappa shape index (κ1) is 10.7. The lowest BCUT2D eigenvalue weighted by Crippen LogP contribution is -2.22. The standard InChI is InChI=1S/C9H11N3O4/c1-11-9(7(5-10-11)12(14)15)8-4-6(13)2-3-16-8/h5,8H,2-4H2,1H3. The molecule has 1 fully saturated rings. The fourth-order valence-corrected chi connectivity index (χ4v) is 1.81. The molecule has 0 amide bonds. The van der Waals surface area contributed by atoms with Gasteiger partial charge in [-0.1, -0.05) is 0 Å². The molecule has 0 N–H and O–H groups in total. The van der Waals surface area contributed by atoms with E-state index in [0.717, 1.165) is 0 Å². The number of rotatable bonds is 2. The molecule has 0 bridgehead atoms. The molecule has 2 heterocycles. The van der Waals surface area contributed by atoms with E-state index in [0.29, 0.717) is 18.7 Å². The molecule has 7 heteroatoms. The minimum atomic E-state index is -0.547. The van der Waals surface area contributed by atoms with Crippen molar-refractivity contribution in [1.29, 1.82) is 0 Å². The van der Waals surface area contributed by atoms with Gasteiger partial charge in [-0.3, -0.25) is 19.6 Å². The van der Waals surface area contributed by atoms with Gasteiger partial charge in [0.2, 0.25) is 0 Å². The van der Waals surface area contributed by atoms with Crippen LogP contribution in [0.5, 0.6) is 0 Å². The molecule has 0 aromatic carbocycles. The number of carbonyl (C=O) groups is 1. The Kier molecular flexibility index (Phi) is 2.69. The van der Waals surface area contributed by atoms with E-state index in [1.54, 1.807) is 7.05 Å². The molecule has 1 saturated heterocycles. The Morgan fingerprint density at radius 3 is 3.06 bits per heavy atom. The van der Waals surface area contributed by atoms with Crippen LogP contribution in [0.15, 0.2) is 6.20 Å². The molecular formula is C9H11N3O4. The van der Waals surface area contributed by atoms with E-state index in [2.05, 4.69) is 5.10 Å². The first-order valence-electron chi connectivity index (χ1n) is 4.89. The Balaban J connectivity index is 2.34. The average molecular weight is 225 g/mol. The van der Waals surface area contributed by atoms with Crippen molar-refractivity contribution in [3.8, 4) is 0 Å². The topological polar surface area (TPSA) is 87.3 Å². The van der Waals surface area contributed by atoms with Crippen molar-refractivity contribution in [3.63, 3.8) is 0 Å². The van der Waals surface area contributed by atoms with Crippen molar-refractivity contribution in [3.05, 3.63) is 22.0 Å². The van der Waals surface area contributed by atoms with Crippen LogP contribution >= 0.6 is 0 Å². The lowest BCUT2D eigenvalue weighted by Gasteiger charge is -2.21. The number of aromatic nitrogens is 2. The fourth-order valence-electron chi connectivity index (χ4n) is 1.81. The lowest BCUT2D eigenvalue weighted by atomic mass is 10.0. The number of hydrogen-bond acceptors (Lipinski definition) is 5. The molecular weight excluding hydrogens is 214 g/mol. The third kappa shape index (κ3) is 1.81. The molecule has 0 aliphatic carbocycles. The maximum Gasteiger partial charge on any atom is 0.312 e. The van der Waals surface area contributed by atoms with Crippen molar-refractivity contribution < 1.29 is 14.5 Å². The van der Waals surface area contributed by atoms with Crippen LogP contribution in [0, 0.1) is 10.1 Å². The zero-order chi connectivity index (χ0) is 11.7. The molecule has 86 valence electrons. The Hall–Kier alpha value is -1.76. The minimum Gasteiger partial charge on any atom is -0.371 e. The highest BCUT2D eigenvalue weighted by Gasteiger charge is 2.31. The van der Waals surface area contributed by atoms with Crippen LogP contribution in [0.1, 0.15) is 24.6 Å². The summed E-state index contributed by atoms with van der Waals surface area (Å²) in [7, 11) is 1.60. The summed E-state index contributed by atoms with van der Waals surface area (Å²) < 4.78 is 6.77. The first-order chi connectivity index (χ1) is 7.59. The first-order valence-corrected chi connectivity index (χ1v) is 4.89. The van der Waals surface area contributed by atoms with Gasteiger partial charge in [-0.15, -0.1) is 0 Å². The van der Waals surface area contributed by atoms with E-state index in [9.17, 15) is 14.9 Å². The molecule has 1 aliphatic heterocycles. The smallest absolute Gasteiger partial charge is 0.312 e. The number of aryl methyl sites for hydroxylation is 1. The number of hydrogen-bond donors (Lipinski definition) is 0. The minimum absolute atomic E-state index is 0.0618. The Morgan fingerprint density at radius 1 is 1.69 bits per heavy atom. The molecule has 0 spiro atoms. The maximum atomic E-state index is 11.3. The van der Waals surface area contributed by atoms with Crippen molar-refractivity contribution in [2.24, 2.45) is 7.05 Å². The normalized spacial score (nSPS) is 21.1. The molecule has 1 aromatic heterocycles. The second kappa shape index (κ2) is 4.01. The van der Waals surface area contributed by atoms with Gasteiger partial charge >= 0.3 is 5.69 Å². The fraction of sp³-hybridized carbons (Fsp3) is 0.556. The van der Waals surface area contributed by atoms with Gasteiger partial charge in [0.1, 0.15) is 23.8 Å². The van der Waals surface area contributed by atoms with E-state index < -0.39 is 11.0 Å².